The number of aromatic nitrogens is 3. The number of aryl methyl sites for hydroxylation is 3. The number of anilines is 1. The van der Waals surface area contributed by atoms with Crippen LogP contribution in [0.25, 0.3) is 11.3 Å². The molecule has 0 amide bonds. The maximum Gasteiger partial charge on any atom is 0.305 e. The van der Waals surface area contributed by atoms with Crippen LogP contribution in [0.15, 0.2) is 18.3 Å². The molecule has 6 heteroatoms. The second-order valence-corrected chi connectivity index (χ2v) is 6.23. The van der Waals surface area contributed by atoms with Gasteiger partial charge in [0, 0.05) is 18.3 Å². The first kappa shape index (κ1) is 16.5. The van der Waals surface area contributed by atoms with E-state index in [9.17, 15) is 4.79 Å². The zero-order chi connectivity index (χ0) is 16.9. The van der Waals surface area contributed by atoms with Gasteiger partial charge in [0.05, 0.1) is 24.4 Å². The van der Waals surface area contributed by atoms with E-state index in [0.717, 1.165) is 48.6 Å². The molecule has 3 rings (SSSR count). The topological polar surface area (TPSA) is 80.0 Å². The molecule has 0 unspecified atom stereocenters. The number of carboxylic acid groups (broad SMARTS) is 1. The maximum absolute atomic E-state index is 10.8. The third-order valence-electron chi connectivity index (χ3n) is 4.30. The fourth-order valence-electron chi connectivity index (χ4n) is 3.06. The molecule has 0 radical (unpaired) electrons. The van der Waals surface area contributed by atoms with Crippen molar-refractivity contribution >= 4 is 11.8 Å². The van der Waals surface area contributed by atoms with E-state index in [1.165, 1.54) is 18.4 Å². The van der Waals surface area contributed by atoms with Crippen LogP contribution in [0.2, 0.25) is 0 Å². The molecule has 0 aliphatic carbocycles. The lowest BCUT2D eigenvalue weighted by atomic mass is 10.1. The first-order chi connectivity index (χ1) is 11.7. The molecule has 0 bridgehead atoms. The van der Waals surface area contributed by atoms with E-state index in [0.29, 0.717) is 6.54 Å². The number of nitrogens with one attached hydrogen (secondary N) is 1. The second kappa shape index (κ2) is 7.47. The van der Waals surface area contributed by atoms with Crippen LogP contribution in [-0.4, -0.2) is 32.4 Å². The Kier molecular flexibility index (Phi) is 5.13. The van der Waals surface area contributed by atoms with Crippen LogP contribution in [0.4, 0.5) is 5.82 Å². The highest BCUT2D eigenvalue weighted by Gasteiger charge is 2.15. The maximum atomic E-state index is 10.8. The fraction of sp³-hybridized carbons (Fsp3) is 0.500. The average molecular weight is 328 g/mol. The first-order valence-electron chi connectivity index (χ1n) is 8.69. The van der Waals surface area contributed by atoms with Gasteiger partial charge in [-0.2, -0.15) is 5.10 Å². The fourth-order valence-corrected chi connectivity index (χ4v) is 3.06. The second-order valence-electron chi connectivity index (χ2n) is 6.23. The normalized spacial score (nSPS) is 13.9. The van der Waals surface area contributed by atoms with Crippen LogP contribution in [0.5, 0.6) is 0 Å². The number of carbonyl (C=O) groups is 1. The van der Waals surface area contributed by atoms with Gasteiger partial charge in [0.2, 0.25) is 0 Å². The zero-order valence-corrected chi connectivity index (χ0v) is 14.1. The van der Waals surface area contributed by atoms with Gasteiger partial charge in [0.1, 0.15) is 5.82 Å². The molecule has 1 aliphatic rings. The summed E-state index contributed by atoms with van der Waals surface area (Å²) in [4.78, 5) is 15.6. The Morgan fingerprint density at radius 2 is 2.25 bits per heavy atom. The van der Waals surface area contributed by atoms with Gasteiger partial charge < -0.3 is 10.4 Å². The molecule has 0 fully saturated rings. The minimum absolute atomic E-state index is 0.0753. The van der Waals surface area contributed by atoms with Crippen molar-refractivity contribution in [3.63, 3.8) is 0 Å². The molecular formula is C18H24N4O2. The Morgan fingerprint density at radius 3 is 3.04 bits per heavy atom. The van der Waals surface area contributed by atoms with Crippen LogP contribution in [-0.2, 0) is 24.2 Å². The van der Waals surface area contributed by atoms with Gasteiger partial charge in [-0.25, -0.2) is 4.98 Å². The SMILES string of the molecule is CCCc1nn(CCC(=O)O)cc1-c1ccc2c(n1)NCCCC2. The summed E-state index contributed by atoms with van der Waals surface area (Å²) in [7, 11) is 0. The number of hydrogen-bond donors (Lipinski definition) is 2. The predicted octanol–water partition coefficient (Wildman–Crippen LogP) is 3.12. The van der Waals surface area contributed by atoms with Gasteiger partial charge in [-0.05, 0) is 37.3 Å². The van der Waals surface area contributed by atoms with Gasteiger partial charge in [-0.3, -0.25) is 9.48 Å². The van der Waals surface area contributed by atoms with Gasteiger partial charge in [-0.15, -0.1) is 0 Å². The number of fused-ring (bicyclic) bond motifs is 1. The van der Waals surface area contributed by atoms with Crippen LogP contribution in [0.3, 0.4) is 0 Å². The van der Waals surface area contributed by atoms with E-state index in [1.807, 2.05) is 6.20 Å². The van der Waals surface area contributed by atoms with Gasteiger partial charge in [0.15, 0.2) is 0 Å². The molecule has 128 valence electrons. The Bertz CT molecular complexity index is 724. The molecule has 0 saturated carbocycles. The molecule has 2 aromatic rings. The van der Waals surface area contributed by atoms with Crippen LogP contribution < -0.4 is 5.32 Å². The van der Waals surface area contributed by atoms with E-state index in [-0.39, 0.29) is 6.42 Å². The highest BCUT2D eigenvalue weighted by atomic mass is 16.4. The number of hydrogen-bond acceptors (Lipinski definition) is 4. The van der Waals surface area contributed by atoms with E-state index in [1.54, 1.807) is 4.68 Å². The van der Waals surface area contributed by atoms with Crippen LogP contribution in [0.1, 0.15) is 43.9 Å². The van der Waals surface area contributed by atoms with Crippen molar-refractivity contribution in [1.29, 1.82) is 0 Å². The van der Waals surface area contributed by atoms with E-state index < -0.39 is 5.97 Å². The smallest absolute Gasteiger partial charge is 0.305 e. The number of aliphatic carboxylic acids is 1. The Labute approximate surface area is 141 Å². The van der Waals surface area contributed by atoms with Gasteiger partial charge in [-0.1, -0.05) is 19.4 Å². The minimum atomic E-state index is -0.809. The summed E-state index contributed by atoms with van der Waals surface area (Å²) in [6, 6.07) is 4.21. The van der Waals surface area contributed by atoms with E-state index in [4.69, 9.17) is 10.1 Å². The van der Waals surface area contributed by atoms with Crippen molar-refractivity contribution in [2.45, 2.75) is 52.0 Å². The molecule has 0 aromatic carbocycles. The summed E-state index contributed by atoms with van der Waals surface area (Å²) < 4.78 is 1.73. The lowest BCUT2D eigenvalue weighted by Crippen LogP contribution is -2.05. The summed E-state index contributed by atoms with van der Waals surface area (Å²) in [5.41, 5.74) is 4.18. The molecule has 2 aromatic heterocycles. The van der Waals surface area contributed by atoms with E-state index >= 15 is 0 Å². The molecule has 24 heavy (non-hydrogen) atoms. The highest BCUT2D eigenvalue weighted by molar-refractivity contribution is 5.67. The Hall–Kier alpha value is -2.37. The summed E-state index contributed by atoms with van der Waals surface area (Å²) in [5, 5.41) is 16.9. The molecular weight excluding hydrogens is 304 g/mol. The lowest BCUT2D eigenvalue weighted by molar-refractivity contribution is -0.137. The van der Waals surface area contributed by atoms with E-state index in [2.05, 4.69) is 29.5 Å². The van der Waals surface area contributed by atoms with Crippen molar-refractivity contribution in [3.05, 3.63) is 29.6 Å². The third-order valence-corrected chi connectivity index (χ3v) is 4.30. The molecule has 0 spiro atoms. The summed E-state index contributed by atoms with van der Waals surface area (Å²) in [5.74, 6) is 0.169. The first-order valence-corrected chi connectivity index (χ1v) is 8.69. The lowest BCUT2D eigenvalue weighted by Gasteiger charge is -2.09. The standard InChI is InChI=1S/C18H24N4O2/c1-2-5-16-14(12-22(21-16)11-9-17(23)24)15-8-7-13-6-3-4-10-19-18(13)20-15/h7-8,12H,2-6,9-11H2,1H3,(H,19,20)(H,23,24). The van der Waals surface area contributed by atoms with Crippen molar-refractivity contribution in [2.24, 2.45) is 0 Å². The largest absolute Gasteiger partial charge is 0.481 e. The zero-order valence-electron chi connectivity index (χ0n) is 14.1. The van der Waals surface area contributed by atoms with Crippen molar-refractivity contribution in [3.8, 4) is 11.3 Å². The predicted molar refractivity (Wildman–Crippen MR) is 93.1 cm³/mol. The Balaban J connectivity index is 1.92. The van der Waals surface area contributed by atoms with Crippen molar-refractivity contribution in [1.82, 2.24) is 14.8 Å². The molecule has 2 N–H and O–H groups in total. The van der Waals surface area contributed by atoms with Crippen molar-refractivity contribution in [2.75, 3.05) is 11.9 Å². The molecule has 0 saturated heterocycles. The number of pyridine rings is 1. The number of rotatable bonds is 6. The Morgan fingerprint density at radius 1 is 1.38 bits per heavy atom. The minimum Gasteiger partial charge on any atom is -0.481 e. The highest BCUT2D eigenvalue weighted by Crippen LogP contribution is 2.27. The summed E-state index contributed by atoms with van der Waals surface area (Å²) >= 11 is 0. The molecule has 0 atom stereocenters. The third kappa shape index (κ3) is 3.75. The molecule has 1 aliphatic heterocycles. The van der Waals surface area contributed by atoms with Gasteiger partial charge in [0.25, 0.3) is 0 Å². The molecule has 6 nitrogen and oxygen atoms in total. The summed E-state index contributed by atoms with van der Waals surface area (Å²) in [6.07, 6.45) is 7.28. The van der Waals surface area contributed by atoms with Crippen LogP contribution >= 0.6 is 0 Å². The van der Waals surface area contributed by atoms with Crippen LogP contribution in [0, 0.1) is 0 Å². The van der Waals surface area contributed by atoms with Gasteiger partial charge >= 0.3 is 5.97 Å². The average Bonchev–Trinajstić information content (AvgIpc) is 2.82. The number of carboxylic acids is 1. The molecule has 3 heterocycles. The monoisotopic (exact) mass is 328 g/mol. The number of nitrogens with zero attached hydrogens (tertiary/aromatic N) is 3. The summed E-state index contributed by atoms with van der Waals surface area (Å²) in [6.45, 7) is 3.46. The quantitative estimate of drug-likeness (QED) is 0.851. The van der Waals surface area contributed by atoms with Crippen molar-refractivity contribution < 1.29 is 9.90 Å².